The average Bonchev–Trinajstić information content (AvgIpc) is 2.85. The number of hydrogen-bond donors (Lipinski definition) is 0. The molecule has 1 aromatic heterocycles. The van der Waals surface area contributed by atoms with E-state index in [4.69, 9.17) is 4.42 Å². The summed E-state index contributed by atoms with van der Waals surface area (Å²) in [5.41, 5.74) is 2.31. The molecule has 3 rings (SSSR count). The van der Waals surface area contributed by atoms with E-state index in [1.54, 1.807) is 6.26 Å². The van der Waals surface area contributed by atoms with Crippen LogP contribution in [0, 0.1) is 6.92 Å². The van der Waals surface area contributed by atoms with E-state index in [0.29, 0.717) is 0 Å². The fraction of sp³-hybridized carbons (Fsp3) is 0.400. The van der Waals surface area contributed by atoms with E-state index >= 15 is 0 Å². The smallest absolute Gasteiger partial charge is 0.191 e. The first kappa shape index (κ1) is 13.6. The molecule has 1 fully saturated rings. The van der Waals surface area contributed by atoms with Crippen molar-refractivity contribution in [3.8, 4) is 0 Å². The van der Waals surface area contributed by atoms with E-state index in [9.17, 15) is 0 Å². The fourth-order valence-corrected chi connectivity index (χ4v) is 2.93. The van der Waals surface area contributed by atoms with Crippen LogP contribution in [-0.2, 0) is 6.54 Å². The normalized spacial score (nSPS) is 16.6. The molecule has 1 saturated heterocycles. The van der Waals surface area contributed by atoms with Gasteiger partial charge in [-0.25, -0.2) is 4.98 Å². The molecular weight excluding hydrogens is 318 g/mol. The maximum absolute atomic E-state index is 5.26. The third-order valence-electron chi connectivity index (χ3n) is 3.60. The number of halogens is 1. The number of hydrogen-bond acceptors (Lipinski definition) is 4. The Hall–Kier alpha value is -1.33. The highest BCUT2D eigenvalue weighted by Gasteiger charge is 2.18. The molecule has 2 heterocycles. The molecule has 0 saturated carbocycles. The standard InChI is InChI=1S/C15H18BrN3O/c1-12-17-14(11-20-12)10-18-5-7-19(8-6-18)15-4-2-3-13(16)9-15/h2-4,9,11H,5-8,10H2,1H3. The van der Waals surface area contributed by atoms with Crippen molar-refractivity contribution in [1.82, 2.24) is 9.88 Å². The molecule has 0 atom stereocenters. The van der Waals surface area contributed by atoms with Crippen molar-refractivity contribution in [1.29, 1.82) is 0 Å². The van der Waals surface area contributed by atoms with Crippen molar-refractivity contribution in [2.75, 3.05) is 31.1 Å². The largest absolute Gasteiger partial charge is 0.449 e. The van der Waals surface area contributed by atoms with E-state index < -0.39 is 0 Å². The first-order valence-corrected chi connectivity index (χ1v) is 7.64. The van der Waals surface area contributed by atoms with Gasteiger partial charge < -0.3 is 9.32 Å². The molecule has 0 N–H and O–H groups in total. The zero-order valence-corrected chi connectivity index (χ0v) is 13.1. The summed E-state index contributed by atoms with van der Waals surface area (Å²) >= 11 is 3.53. The molecule has 20 heavy (non-hydrogen) atoms. The van der Waals surface area contributed by atoms with Crippen LogP contribution in [0.15, 0.2) is 39.4 Å². The Kier molecular flexibility index (Phi) is 4.08. The van der Waals surface area contributed by atoms with Crippen molar-refractivity contribution in [2.24, 2.45) is 0 Å². The third kappa shape index (κ3) is 3.22. The molecule has 1 aliphatic rings. The van der Waals surface area contributed by atoms with E-state index in [1.807, 2.05) is 6.92 Å². The topological polar surface area (TPSA) is 32.5 Å². The predicted octanol–water partition coefficient (Wildman–Crippen LogP) is 3.07. The monoisotopic (exact) mass is 335 g/mol. The van der Waals surface area contributed by atoms with Crippen molar-refractivity contribution < 1.29 is 4.42 Å². The van der Waals surface area contributed by atoms with Gasteiger partial charge in [0.2, 0.25) is 0 Å². The molecule has 0 aliphatic carbocycles. The van der Waals surface area contributed by atoms with Gasteiger partial charge in [-0.3, -0.25) is 4.90 Å². The highest BCUT2D eigenvalue weighted by molar-refractivity contribution is 9.10. The lowest BCUT2D eigenvalue weighted by atomic mass is 10.2. The summed E-state index contributed by atoms with van der Waals surface area (Å²) in [5.74, 6) is 0.743. The molecule has 0 radical (unpaired) electrons. The van der Waals surface area contributed by atoms with Gasteiger partial charge in [0.05, 0.1) is 5.69 Å². The molecule has 2 aromatic rings. The van der Waals surface area contributed by atoms with Crippen LogP contribution in [0.2, 0.25) is 0 Å². The summed E-state index contributed by atoms with van der Waals surface area (Å²) in [6, 6.07) is 8.49. The first-order valence-electron chi connectivity index (χ1n) is 6.84. The molecule has 106 valence electrons. The molecule has 5 heteroatoms. The molecule has 4 nitrogen and oxygen atoms in total. The number of aromatic nitrogens is 1. The Morgan fingerprint density at radius 3 is 2.70 bits per heavy atom. The van der Waals surface area contributed by atoms with Gasteiger partial charge in [-0.05, 0) is 18.2 Å². The predicted molar refractivity (Wildman–Crippen MR) is 82.9 cm³/mol. The lowest BCUT2D eigenvalue weighted by molar-refractivity contribution is 0.247. The number of nitrogens with zero attached hydrogens (tertiary/aromatic N) is 3. The van der Waals surface area contributed by atoms with E-state index in [2.05, 4.69) is 55.0 Å². The van der Waals surface area contributed by atoms with E-state index in [1.165, 1.54) is 5.69 Å². The van der Waals surface area contributed by atoms with Crippen molar-refractivity contribution in [3.05, 3.63) is 46.6 Å². The number of anilines is 1. The van der Waals surface area contributed by atoms with Gasteiger partial charge in [0.15, 0.2) is 5.89 Å². The Balaban J connectivity index is 1.57. The maximum atomic E-state index is 5.26. The van der Waals surface area contributed by atoms with Gasteiger partial charge >= 0.3 is 0 Å². The molecular formula is C15H18BrN3O. The summed E-state index contributed by atoms with van der Waals surface area (Å²) in [6.45, 7) is 6.97. The third-order valence-corrected chi connectivity index (χ3v) is 4.09. The Labute approximate surface area is 127 Å². The number of aryl methyl sites for hydroxylation is 1. The van der Waals surface area contributed by atoms with Crippen LogP contribution in [0.1, 0.15) is 11.6 Å². The minimum Gasteiger partial charge on any atom is -0.449 e. The van der Waals surface area contributed by atoms with Gasteiger partial charge in [0, 0.05) is 49.8 Å². The van der Waals surface area contributed by atoms with Crippen LogP contribution >= 0.6 is 15.9 Å². The number of oxazole rings is 1. The van der Waals surface area contributed by atoms with Crippen molar-refractivity contribution in [3.63, 3.8) is 0 Å². The Morgan fingerprint density at radius 1 is 1.25 bits per heavy atom. The van der Waals surface area contributed by atoms with E-state index in [0.717, 1.165) is 48.8 Å². The minimum atomic E-state index is 0.743. The van der Waals surface area contributed by atoms with Crippen LogP contribution in [0.5, 0.6) is 0 Å². The molecule has 0 bridgehead atoms. The van der Waals surface area contributed by atoms with Crippen LogP contribution in [0.25, 0.3) is 0 Å². The van der Waals surface area contributed by atoms with Gasteiger partial charge in [0.25, 0.3) is 0 Å². The maximum Gasteiger partial charge on any atom is 0.191 e. The van der Waals surface area contributed by atoms with Gasteiger partial charge in [-0.15, -0.1) is 0 Å². The number of benzene rings is 1. The summed E-state index contributed by atoms with van der Waals surface area (Å²) in [4.78, 5) is 9.21. The highest BCUT2D eigenvalue weighted by atomic mass is 79.9. The molecule has 0 amide bonds. The van der Waals surface area contributed by atoms with Crippen LogP contribution < -0.4 is 4.90 Å². The highest BCUT2D eigenvalue weighted by Crippen LogP contribution is 2.21. The second-order valence-corrected chi connectivity index (χ2v) is 6.02. The molecule has 1 aliphatic heterocycles. The van der Waals surface area contributed by atoms with Gasteiger partial charge in [-0.2, -0.15) is 0 Å². The summed E-state index contributed by atoms with van der Waals surface area (Å²) in [5, 5.41) is 0. The lowest BCUT2D eigenvalue weighted by Gasteiger charge is -2.35. The van der Waals surface area contributed by atoms with Gasteiger partial charge in [0.1, 0.15) is 6.26 Å². The Morgan fingerprint density at radius 2 is 2.05 bits per heavy atom. The van der Waals surface area contributed by atoms with Crippen LogP contribution in [0.4, 0.5) is 5.69 Å². The lowest BCUT2D eigenvalue weighted by Crippen LogP contribution is -2.46. The van der Waals surface area contributed by atoms with E-state index in [-0.39, 0.29) is 0 Å². The van der Waals surface area contributed by atoms with Gasteiger partial charge in [-0.1, -0.05) is 22.0 Å². The van der Waals surface area contributed by atoms with Crippen molar-refractivity contribution in [2.45, 2.75) is 13.5 Å². The fourth-order valence-electron chi connectivity index (χ4n) is 2.55. The average molecular weight is 336 g/mol. The zero-order valence-electron chi connectivity index (χ0n) is 11.6. The quantitative estimate of drug-likeness (QED) is 0.862. The van der Waals surface area contributed by atoms with Crippen LogP contribution in [0.3, 0.4) is 0 Å². The minimum absolute atomic E-state index is 0.743. The number of piperazine rings is 1. The van der Waals surface area contributed by atoms with Crippen molar-refractivity contribution >= 4 is 21.6 Å². The molecule has 0 unspecified atom stereocenters. The molecule has 0 spiro atoms. The second-order valence-electron chi connectivity index (χ2n) is 5.10. The Bertz CT molecular complexity index is 576. The summed E-state index contributed by atoms with van der Waals surface area (Å²) in [6.07, 6.45) is 1.76. The number of rotatable bonds is 3. The summed E-state index contributed by atoms with van der Waals surface area (Å²) in [7, 11) is 0. The summed E-state index contributed by atoms with van der Waals surface area (Å²) < 4.78 is 6.39. The zero-order chi connectivity index (χ0) is 13.9. The molecule has 1 aromatic carbocycles. The first-order chi connectivity index (χ1) is 9.70. The SMILES string of the molecule is Cc1nc(CN2CCN(c3cccc(Br)c3)CC2)co1. The second kappa shape index (κ2) is 5.97. The van der Waals surface area contributed by atoms with Crippen LogP contribution in [-0.4, -0.2) is 36.1 Å².